The molecule has 198 valence electrons. The van der Waals surface area contributed by atoms with Gasteiger partial charge in [0.25, 0.3) is 0 Å². The Bertz CT molecular complexity index is 1380. The molecule has 7 rings (SSSR count). The second-order valence-corrected chi connectivity index (χ2v) is 12.8. The normalized spacial score (nSPS) is 24.8. The van der Waals surface area contributed by atoms with Crippen LogP contribution in [0.4, 0.5) is 5.69 Å². The average Bonchev–Trinajstić information content (AvgIpc) is 3.61. The van der Waals surface area contributed by atoms with Gasteiger partial charge in [-0.05, 0) is 73.7 Å². The van der Waals surface area contributed by atoms with Crippen molar-refractivity contribution in [2.45, 2.75) is 59.0 Å². The molecular weight excluding hydrogens is 468 g/mol. The van der Waals surface area contributed by atoms with Gasteiger partial charge < -0.3 is 14.2 Å². The van der Waals surface area contributed by atoms with E-state index in [0.717, 1.165) is 41.0 Å². The lowest BCUT2D eigenvalue weighted by atomic mass is 9.82. The molecule has 3 aromatic rings. The maximum atomic E-state index is 4.93. The number of hydrogen-bond donors (Lipinski definition) is 0. The van der Waals surface area contributed by atoms with Gasteiger partial charge in [-0.2, -0.15) is 0 Å². The Labute approximate surface area is 226 Å². The van der Waals surface area contributed by atoms with Gasteiger partial charge in [0, 0.05) is 61.2 Å². The van der Waals surface area contributed by atoms with E-state index < -0.39 is 0 Å². The number of aromatic nitrogens is 3. The summed E-state index contributed by atoms with van der Waals surface area (Å²) in [6.07, 6.45) is 19.6. The Kier molecular flexibility index (Phi) is 5.84. The molecule has 1 aliphatic carbocycles. The van der Waals surface area contributed by atoms with Crippen LogP contribution >= 0.6 is 0 Å². The van der Waals surface area contributed by atoms with Gasteiger partial charge in [0.15, 0.2) is 0 Å². The minimum atomic E-state index is 0.484. The van der Waals surface area contributed by atoms with Gasteiger partial charge in [-0.3, -0.25) is 9.88 Å². The number of likely N-dealkylation sites (tertiary alicyclic amines) is 1. The average molecular weight is 509 g/mol. The minimum absolute atomic E-state index is 0.484. The van der Waals surface area contributed by atoms with Crippen LogP contribution in [0.3, 0.4) is 0 Å². The lowest BCUT2D eigenvalue weighted by molar-refractivity contribution is 0.127. The van der Waals surface area contributed by atoms with Gasteiger partial charge in [0.1, 0.15) is 5.65 Å². The molecule has 0 spiro atoms. The third-order valence-corrected chi connectivity index (χ3v) is 9.62. The van der Waals surface area contributed by atoms with Crippen molar-refractivity contribution in [1.82, 2.24) is 24.2 Å². The van der Waals surface area contributed by atoms with Crippen LogP contribution in [0.5, 0.6) is 0 Å². The quantitative estimate of drug-likeness (QED) is 0.420. The van der Waals surface area contributed by atoms with Crippen LogP contribution in [0.15, 0.2) is 49.7 Å². The third-order valence-electron chi connectivity index (χ3n) is 9.62. The van der Waals surface area contributed by atoms with Gasteiger partial charge in [-0.25, -0.2) is 4.98 Å². The van der Waals surface area contributed by atoms with Crippen molar-refractivity contribution in [1.29, 1.82) is 0 Å². The molecule has 2 saturated heterocycles. The summed E-state index contributed by atoms with van der Waals surface area (Å²) < 4.78 is 2.19. The lowest BCUT2D eigenvalue weighted by Gasteiger charge is -2.36. The number of anilines is 1. The zero-order chi connectivity index (χ0) is 25.9. The third kappa shape index (κ3) is 4.43. The van der Waals surface area contributed by atoms with Gasteiger partial charge in [0.2, 0.25) is 0 Å². The molecule has 6 nitrogen and oxygen atoms in total. The fraction of sp³-hybridized carbons (Fsp3) is 0.500. The zero-order valence-corrected chi connectivity index (χ0v) is 22.9. The standard InChI is InChI=1S/C32H40N6/c1-23-29-15-33-16-30(37-19-25-5-4-6-26(25)20-37)28(29)9-12-36(23)21-27-22-38-18-24(7-8-31(38)34-27)17-35-13-10-32(2,3)11-14-35/h7-9,12,15-16,18,22,25-26H,1,4-6,10-11,13-14,17,19-21H2,2-3H3. The Balaban J connectivity index is 1.05. The van der Waals surface area contributed by atoms with Crippen molar-refractivity contribution >= 4 is 23.1 Å². The SMILES string of the molecule is C=C1c2cncc(N3CC4CCCC4C3)c2C=CN1Cc1cn2cc(CN3CCC(C)(C)CC3)ccc2n1. The molecule has 0 aromatic carbocycles. The van der Waals surface area contributed by atoms with Crippen molar-refractivity contribution in [3.8, 4) is 0 Å². The Hall–Kier alpha value is -3.12. The summed E-state index contributed by atoms with van der Waals surface area (Å²) in [4.78, 5) is 16.9. The second kappa shape index (κ2) is 9.26. The molecule has 3 aromatic heterocycles. The van der Waals surface area contributed by atoms with Gasteiger partial charge in [-0.15, -0.1) is 0 Å². The van der Waals surface area contributed by atoms with E-state index in [2.05, 4.69) is 87.5 Å². The first-order chi connectivity index (χ1) is 18.4. The first-order valence-electron chi connectivity index (χ1n) is 14.5. The summed E-state index contributed by atoms with van der Waals surface area (Å²) in [5.74, 6) is 1.72. The van der Waals surface area contributed by atoms with Gasteiger partial charge in [-0.1, -0.05) is 32.9 Å². The van der Waals surface area contributed by atoms with Crippen molar-refractivity contribution in [3.05, 3.63) is 72.1 Å². The van der Waals surface area contributed by atoms with Crippen molar-refractivity contribution < 1.29 is 0 Å². The van der Waals surface area contributed by atoms with Crippen LogP contribution in [0.25, 0.3) is 17.4 Å². The Morgan fingerprint density at radius 1 is 1.00 bits per heavy atom. The summed E-state index contributed by atoms with van der Waals surface area (Å²) in [7, 11) is 0. The predicted octanol–water partition coefficient (Wildman–Crippen LogP) is 6.04. The van der Waals surface area contributed by atoms with Gasteiger partial charge in [0.05, 0.1) is 24.1 Å². The molecule has 3 fully saturated rings. The van der Waals surface area contributed by atoms with Crippen LogP contribution in [0, 0.1) is 17.3 Å². The van der Waals surface area contributed by atoms with E-state index in [1.807, 2.05) is 6.20 Å². The highest BCUT2D eigenvalue weighted by molar-refractivity contribution is 5.83. The van der Waals surface area contributed by atoms with E-state index in [9.17, 15) is 0 Å². The summed E-state index contributed by atoms with van der Waals surface area (Å²) >= 11 is 0. The summed E-state index contributed by atoms with van der Waals surface area (Å²) in [6.45, 7) is 15.7. The zero-order valence-electron chi connectivity index (χ0n) is 22.9. The summed E-state index contributed by atoms with van der Waals surface area (Å²) in [6, 6.07) is 4.39. The minimum Gasteiger partial charge on any atom is -0.369 e. The molecule has 0 N–H and O–H groups in total. The predicted molar refractivity (Wildman–Crippen MR) is 154 cm³/mol. The highest BCUT2D eigenvalue weighted by Crippen LogP contribution is 2.42. The fourth-order valence-electron chi connectivity index (χ4n) is 7.11. The number of imidazole rings is 1. The first kappa shape index (κ1) is 24.0. The Morgan fingerprint density at radius 2 is 1.79 bits per heavy atom. The van der Waals surface area contributed by atoms with Crippen molar-refractivity contribution in [3.63, 3.8) is 0 Å². The number of hydrogen-bond acceptors (Lipinski definition) is 5. The molecule has 6 heterocycles. The molecule has 0 radical (unpaired) electrons. The van der Waals surface area contributed by atoms with E-state index in [0.29, 0.717) is 12.0 Å². The monoisotopic (exact) mass is 508 g/mol. The number of fused-ring (bicyclic) bond motifs is 3. The van der Waals surface area contributed by atoms with Crippen LogP contribution in [0.1, 0.15) is 68.3 Å². The summed E-state index contributed by atoms with van der Waals surface area (Å²) in [5.41, 5.74) is 8.56. The van der Waals surface area contributed by atoms with E-state index in [1.165, 1.54) is 75.1 Å². The molecule has 0 bridgehead atoms. The van der Waals surface area contributed by atoms with Gasteiger partial charge >= 0.3 is 0 Å². The van der Waals surface area contributed by atoms with Crippen molar-refractivity contribution in [2.24, 2.45) is 17.3 Å². The molecule has 6 heteroatoms. The van der Waals surface area contributed by atoms with Crippen LogP contribution in [-0.2, 0) is 13.1 Å². The first-order valence-corrected chi connectivity index (χ1v) is 14.5. The van der Waals surface area contributed by atoms with Crippen molar-refractivity contribution in [2.75, 3.05) is 31.1 Å². The highest BCUT2D eigenvalue weighted by atomic mass is 15.2. The molecule has 2 unspecified atom stereocenters. The second-order valence-electron chi connectivity index (χ2n) is 12.8. The smallest absolute Gasteiger partial charge is 0.137 e. The number of nitrogens with zero attached hydrogens (tertiary/aromatic N) is 6. The summed E-state index contributed by atoms with van der Waals surface area (Å²) in [5, 5.41) is 0. The molecule has 0 amide bonds. The number of pyridine rings is 2. The highest BCUT2D eigenvalue weighted by Gasteiger charge is 2.37. The van der Waals surface area contributed by atoms with E-state index in [1.54, 1.807) is 0 Å². The lowest BCUT2D eigenvalue weighted by Crippen LogP contribution is -2.36. The molecule has 3 aliphatic heterocycles. The van der Waals surface area contributed by atoms with Crippen LogP contribution < -0.4 is 4.90 Å². The topological polar surface area (TPSA) is 39.9 Å². The fourth-order valence-corrected chi connectivity index (χ4v) is 7.11. The van der Waals surface area contributed by atoms with E-state index >= 15 is 0 Å². The molecule has 38 heavy (non-hydrogen) atoms. The number of rotatable bonds is 5. The molecular formula is C32H40N6. The van der Waals surface area contributed by atoms with Crippen LogP contribution in [-0.4, -0.2) is 50.3 Å². The van der Waals surface area contributed by atoms with Crippen LogP contribution in [0.2, 0.25) is 0 Å². The maximum absolute atomic E-state index is 4.93. The van der Waals surface area contributed by atoms with E-state index in [4.69, 9.17) is 4.98 Å². The molecule has 4 aliphatic rings. The van der Waals surface area contributed by atoms with E-state index in [-0.39, 0.29) is 0 Å². The Morgan fingerprint density at radius 3 is 2.58 bits per heavy atom. The number of piperidine rings is 1. The largest absolute Gasteiger partial charge is 0.369 e. The molecule has 1 saturated carbocycles. The maximum Gasteiger partial charge on any atom is 0.137 e. The molecule has 2 atom stereocenters.